The second kappa shape index (κ2) is 5.40. The van der Waals surface area contributed by atoms with Crippen LogP contribution in [0.25, 0.3) is 0 Å². The number of esters is 2. The molecule has 0 aliphatic rings. The van der Waals surface area contributed by atoms with Gasteiger partial charge < -0.3 is 9.47 Å². The normalized spacial score (nSPS) is 9.00. The first-order valence-corrected chi connectivity index (χ1v) is 4.09. The molecule has 0 aliphatic heterocycles. The molecular weight excluding hydrogens is 216 g/mol. The third-order valence-electron chi connectivity index (χ3n) is 1.68. The molecule has 1 aromatic rings. The van der Waals surface area contributed by atoms with Gasteiger partial charge in [0.15, 0.2) is 0 Å². The maximum absolute atomic E-state index is 11.2. The predicted molar refractivity (Wildman–Crippen MR) is 49.4 cm³/mol. The van der Waals surface area contributed by atoms with Gasteiger partial charge in [-0.25, -0.2) is 9.59 Å². The van der Waals surface area contributed by atoms with Crippen LogP contribution in [0, 0.1) is 0 Å². The molecule has 0 saturated heterocycles. The summed E-state index contributed by atoms with van der Waals surface area (Å²) < 4.78 is 8.16. The topological polar surface area (TPSA) is 86.7 Å². The molecule has 0 bridgehead atoms. The largest absolute Gasteiger partial charge is 0.392 e. The van der Waals surface area contributed by atoms with Gasteiger partial charge in [-0.1, -0.05) is 12.1 Å². The van der Waals surface area contributed by atoms with Crippen molar-refractivity contribution in [3.8, 4) is 0 Å². The zero-order valence-electron chi connectivity index (χ0n) is 7.91. The fourth-order valence-electron chi connectivity index (χ4n) is 1.05. The van der Waals surface area contributed by atoms with Crippen molar-refractivity contribution in [2.75, 3.05) is 0 Å². The van der Waals surface area contributed by atoms with Gasteiger partial charge in [-0.2, -0.15) is 0 Å². The Morgan fingerprint density at radius 3 is 1.56 bits per heavy atom. The lowest BCUT2D eigenvalue weighted by molar-refractivity contribution is -0.125. The van der Waals surface area contributed by atoms with Crippen molar-refractivity contribution in [3.05, 3.63) is 35.4 Å². The minimum Gasteiger partial charge on any atom is -0.392 e. The number of carbonyl (C=O) groups is 4. The number of benzene rings is 1. The molecule has 1 aromatic carbocycles. The van der Waals surface area contributed by atoms with Crippen LogP contribution in [0.2, 0.25) is 0 Å². The third kappa shape index (κ3) is 2.50. The third-order valence-corrected chi connectivity index (χ3v) is 1.68. The second-order valence-corrected chi connectivity index (χ2v) is 2.55. The summed E-state index contributed by atoms with van der Waals surface area (Å²) in [4.78, 5) is 42.4. The summed E-state index contributed by atoms with van der Waals surface area (Å²) in [6, 6.07) is 5.48. The van der Waals surface area contributed by atoms with E-state index in [0.717, 1.165) is 0 Å². The van der Waals surface area contributed by atoms with Crippen molar-refractivity contribution in [2.45, 2.75) is 0 Å². The van der Waals surface area contributed by atoms with E-state index in [1.54, 1.807) is 0 Å². The Labute approximate surface area is 89.8 Å². The van der Waals surface area contributed by atoms with Crippen molar-refractivity contribution >= 4 is 24.9 Å². The van der Waals surface area contributed by atoms with E-state index in [1.807, 2.05) is 0 Å². The minimum absolute atomic E-state index is 0.0514. The highest BCUT2D eigenvalue weighted by Gasteiger charge is 2.18. The first-order chi connectivity index (χ1) is 7.70. The summed E-state index contributed by atoms with van der Waals surface area (Å²) in [5, 5.41) is 0. The Morgan fingerprint density at radius 1 is 0.875 bits per heavy atom. The molecule has 0 saturated carbocycles. The number of carbonyl (C=O) groups excluding carboxylic acids is 4. The summed E-state index contributed by atoms with van der Waals surface area (Å²) in [7, 11) is 0. The summed E-state index contributed by atoms with van der Waals surface area (Å²) in [6.07, 6.45) is 0. The average molecular weight is 222 g/mol. The van der Waals surface area contributed by atoms with E-state index < -0.39 is 11.9 Å². The maximum Gasteiger partial charge on any atom is 0.346 e. The Bertz CT molecular complexity index is 396. The van der Waals surface area contributed by atoms with Gasteiger partial charge in [0.25, 0.3) is 0 Å². The van der Waals surface area contributed by atoms with E-state index in [2.05, 4.69) is 9.47 Å². The molecule has 82 valence electrons. The molecule has 0 unspecified atom stereocenters. The lowest BCUT2D eigenvalue weighted by atomic mass is 10.1. The number of rotatable bonds is 4. The van der Waals surface area contributed by atoms with Gasteiger partial charge >= 0.3 is 24.9 Å². The number of ether oxygens (including phenoxy) is 2. The van der Waals surface area contributed by atoms with E-state index in [9.17, 15) is 19.2 Å². The van der Waals surface area contributed by atoms with E-state index in [0.29, 0.717) is 0 Å². The SMILES string of the molecule is O=COC(=O)c1ccccc1C(=O)OC=O. The molecule has 0 aliphatic carbocycles. The summed E-state index contributed by atoms with van der Waals surface area (Å²) >= 11 is 0. The standard InChI is InChI=1S/C10H6O6/c11-5-15-9(13)7-3-1-2-4-8(7)10(14)16-6-12/h1-6H. The van der Waals surface area contributed by atoms with Crippen molar-refractivity contribution in [3.63, 3.8) is 0 Å². The van der Waals surface area contributed by atoms with Crippen molar-refractivity contribution in [1.29, 1.82) is 0 Å². The molecule has 1 rings (SSSR count). The van der Waals surface area contributed by atoms with Crippen LogP contribution in [-0.4, -0.2) is 24.9 Å². The first-order valence-electron chi connectivity index (χ1n) is 4.09. The lowest BCUT2D eigenvalue weighted by Crippen LogP contribution is -2.12. The van der Waals surface area contributed by atoms with Crippen molar-refractivity contribution in [1.82, 2.24) is 0 Å². The molecule has 16 heavy (non-hydrogen) atoms. The summed E-state index contributed by atoms with van der Waals surface area (Å²) in [5.41, 5.74) is -0.303. The highest BCUT2D eigenvalue weighted by molar-refractivity contribution is 6.05. The van der Waals surface area contributed by atoms with Crippen LogP contribution in [0.5, 0.6) is 0 Å². The van der Waals surface area contributed by atoms with Gasteiger partial charge in [0.05, 0.1) is 11.1 Å². The number of hydrogen-bond acceptors (Lipinski definition) is 6. The van der Waals surface area contributed by atoms with Gasteiger partial charge in [-0.15, -0.1) is 0 Å². The van der Waals surface area contributed by atoms with Crippen LogP contribution in [-0.2, 0) is 19.1 Å². The molecule has 0 N–H and O–H groups in total. The highest BCUT2D eigenvalue weighted by Crippen LogP contribution is 2.11. The van der Waals surface area contributed by atoms with Crippen LogP contribution in [0.15, 0.2) is 24.3 Å². The Kier molecular flexibility index (Phi) is 3.90. The molecule has 6 nitrogen and oxygen atoms in total. The van der Waals surface area contributed by atoms with Crippen LogP contribution in [0.1, 0.15) is 20.7 Å². The van der Waals surface area contributed by atoms with E-state index in [4.69, 9.17) is 0 Å². The molecule has 6 heteroatoms. The Balaban J connectivity index is 3.09. The second-order valence-electron chi connectivity index (χ2n) is 2.55. The van der Waals surface area contributed by atoms with Crippen molar-refractivity contribution in [2.24, 2.45) is 0 Å². The van der Waals surface area contributed by atoms with Gasteiger partial charge in [-0.3, -0.25) is 9.59 Å². The molecule has 0 amide bonds. The smallest absolute Gasteiger partial charge is 0.346 e. The molecule has 0 atom stereocenters. The zero-order valence-corrected chi connectivity index (χ0v) is 7.91. The quantitative estimate of drug-likeness (QED) is 0.414. The van der Waals surface area contributed by atoms with E-state index >= 15 is 0 Å². The fraction of sp³-hybridized carbons (Fsp3) is 0. The Hall–Kier alpha value is -2.50. The van der Waals surface area contributed by atoms with Crippen LogP contribution < -0.4 is 0 Å². The van der Waals surface area contributed by atoms with Gasteiger partial charge in [0, 0.05) is 0 Å². The monoisotopic (exact) mass is 222 g/mol. The molecular formula is C10H6O6. The van der Waals surface area contributed by atoms with E-state index in [-0.39, 0.29) is 24.1 Å². The lowest BCUT2D eigenvalue weighted by Gasteiger charge is -2.03. The molecule has 0 fully saturated rings. The first kappa shape index (κ1) is 11.6. The van der Waals surface area contributed by atoms with Gasteiger partial charge in [0.1, 0.15) is 0 Å². The fourth-order valence-corrected chi connectivity index (χ4v) is 1.05. The number of hydrogen-bond donors (Lipinski definition) is 0. The molecule has 0 aromatic heterocycles. The highest BCUT2D eigenvalue weighted by atomic mass is 16.6. The van der Waals surface area contributed by atoms with E-state index in [1.165, 1.54) is 24.3 Å². The Morgan fingerprint density at radius 2 is 1.25 bits per heavy atom. The van der Waals surface area contributed by atoms with Gasteiger partial charge in [0.2, 0.25) is 0 Å². The van der Waals surface area contributed by atoms with Crippen molar-refractivity contribution < 1.29 is 28.7 Å². The van der Waals surface area contributed by atoms with Crippen LogP contribution in [0.4, 0.5) is 0 Å². The molecule has 0 spiro atoms. The predicted octanol–water partition coefficient (Wildman–Crippen LogP) is 0.313. The zero-order chi connectivity index (χ0) is 12.0. The van der Waals surface area contributed by atoms with Crippen LogP contribution >= 0.6 is 0 Å². The molecule has 0 radical (unpaired) electrons. The summed E-state index contributed by atoms with van der Waals surface area (Å²) in [5.74, 6) is -1.98. The summed E-state index contributed by atoms with van der Waals surface area (Å²) in [6.45, 7) is -0.103. The van der Waals surface area contributed by atoms with Crippen LogP contribution in [0.3, 0.4) is 0 Å². The molecule has 0 heterocycles. The average Bonchev–Trinajstić information content (AvgIpc) is 2.30. The van der Waals surface area contributed by atoms with Gasteiger partial charge in [-0.05, 0) is 12.1 Å². The maximum atomic E-state index is 11.2. The minimum atomic E-state index is -0.992.